The van der Waals surface area contributed by atoms with Crippen molar-refractivity contribution >= 4 is 0 Å². The van der Waals surface area contributed by atoms with Crippen LogP contribution in [-0.2, 0) is 0 Å². The van der Waals surface area contributed by atoms with E-state index in [0.717, 1.165) is 16.9 Å². The fourth-order valence-corrected chi connectivity index (χ4v) is 1.91. The molecule has 0 aromatic heterocycles. The summed E-state index contributed by atoms with van der Waals surface area (Å²) in [7, 11) is 0. The van der Waals surface area contributed by atoms with Crippen LogP contribution in [0.4, 0.5) is 0 Å². The van der Waals surface area contributed by atoms with Crippen LogP contribution in [0.1, 0.15) is 29.2 Å². The summed E-state index contributed by atoms with van der Waals surface area (Å²) in [5.74, 6) is 0.858. The quantitative estimate of drug-likeness (QED) is 0.659. The van der Waals surface area contributed by atoms with E-state index in [1.807, 2.05) is 19.9 Å². The first-order chi connectivity index (χ1) is 6.18. The average Bonchev–Trinajstić information content (AvgIpc) is 2.02. The van der Waals surface area contributed by atoms with Crippen molar-refractivity contribution in [3.63, 3.8) is 0 Å². The average molecular weight is 178 g/mol. The molecule has 0 amide bonds. The van der Waals surface area contributed by atoms with E-state index < -0.39 is 0 Å². The lowest BCUT2D eigenvalue weighted by Gasteiger charge is -2.24. The summed E-state index contributed by atoms with van der Waals surface area (Å²) in [6, 6.07) is 4.07. The lowest BCUT2D eigenvalue weighted by atomic mass is 9.96. The first-order valence-corrected chi connectivity index (χ1v) is 4.60. The van der Waals surface area contributed by atoms with E-state index in [4.69, 9.17) is 4.74 Å². The molecule has 0 fully saturated rings. The molecule has 0 radical (unpaired) electrons. The number of hydrogen-bond donors (Lipinski definition) is 1. The third-order valence-corrected chi connectivity index (χ3v) is 2.48. The van der Waals surface area contributed by atoms with Gasteiger partial charge in [-0.3, -0.25) is 0 Å². The molecular formula is C11H14O2. The maximum Gasteiger partial charge on any atom is 0.125 e. The van der Waals surface area contributed by atoms with Gasteiger partial charge in [0.2, 0.25) is 0 Å². The largest absolute Gasteiger partial charge is 0.493 e. The molecule has 1 aromatic rings. The Balaban J connectivity index is 2.56. The molecule has 0 saturated carbocycles. The molecule has 0 saturated heterocycles. The SMILES string of the molecule is Cc1cc(C)c2c(c1)OCCC2O. The zero-order valence-corrected chi connectivity index (χ0v) is 8.00. The molecule has 1 aliphatic rings. The number of rotatable bonds is 0. The Bertz CT molecular complexity index is 331. The normalized spacial score (nSPS) is 20.7. The van der Waals surface area contributed by atoms with Crippen molar-refractivity contribution in [2.45, 2.75) is 26.4 Å². The number of hydrogen-bond acceptors (Lipinski definition) is 2. The fourth-order valence-electron chi connectivity index (χ4n) is 1.91. The number of fused-ring (bicyclic) bond motifs is 1. The molecule has 1 aromatic carbocycles. The van der Waals surface area contributed by atoms with Crippen LogP contribution < -0.4 is 4.74 Å². The van der Waals surface area contributed by atoms with E-state index in [1.165, 1.54) is 5.56 Å². The number of aryl methyl sites for hydroxylation is 2. The smallest absolute Gasteiger partial charge is 0.125 e. The summed E-state index contributed by atoms with van der Waals surface area (Å²) in [6.07, 6.45) is 0.362. The molecule has 1 N–H and O–H groups in total. The predicted octanol–water partition coefficient (Wildman–Crippen LogP) is 2.12. The lowest BCUT2D eigenvalue weighted by molar-refractivity contribution is 0.114. The zero-order valence-electron chi connectivity index (χ0n) is 8.00. The minimum atomic E-state index is -0.343. The predicted molar refractivity (Wildman–Crippen MR) is 51.0 cm³/mol. The van der Waals surface area contributed by atoms with Crippen molar-refractivity contribution in [3.8, 4) is 5.75 Å². The van der Waals surface area contributed by atoms with Crippen molar-refractivity contribution in [2.24, 2.45) is 0 Å². The Labute approximate surface area is 78.2 Å². The number of aliphatic hydroxyl groups is 1. The summed E-state index contributed by atoms with van der Waals surface area (Å²) >= 11 is 0. The Hall–Kier alpha value is -1.02. The van der Waals surface area contributed by atoms with Gasteiger partial charge in [-0.15, -0.1) is 0 Å². The van der Waals surface area contributed by atoms with Crippen LogP contribution in [0, 0.1) is 13.8 Å². The molecule has 70 valence electrons. The second-order valence-electron chi connectivity index (χ2n) is 3.65. The molecular weight excluding hydrogens is 164 g/mol. The van der Waals surface area contributed by atoms with E-state index in [0.29, 0.717) is 13.0 Å². The molecule has 2 rings (SSSR count). The van der Waals surface area contributed by atoms with Crippen molar-refractivity contribution in [1.82, 2.24) is 0 Å². The maximum atomic E-state index is 9.75. The van der Waals surface area contributed by atoms with Crippen LogP contribution in [-0.4, -0.2) is 11.7 Å². The van der Waals surface area contributed by atoms with Crippen LogP contribution in [0.25, 0.3) is 0 Å². The Morgan fingerprint density at radius 3 is 2.92 bits per heavy atom. The molecule has 1 atom stereocenters. The van der Waals surface area contributed by atoms with Crippen LogP contribution in [0.2, 0.25) is 0 Å². The second kappa shape index (κ2) is 3.04. The van der Waals surface area contributed by atoms with Gasteiger partial charge in [0.1, 0.15) is 5.75 Å². The van der Waals surface area contributed by atoms with Gasteiger partial charge in [-0.2, -0.15) is 0 Å². The first-order valence-electron chi connectivity index (χ1n) is 4.60. The van der Waals surface area contributed by atoms with E-state index in [2.05, 4.69) is 6.07 Å². The van der Waals surface area contributed by atoms with Crippen molar-refractivity contribution in [1.29, 1.82) is 0 Å². The van der Waals surface area contributed by atoms with E-state index >= 15 is 0 Å². The van der Waals surface area contributed by atoms with E-state index in [-0.39, 0.29) is 6.10 Å². The van der Waals surface area contributed by atoms with Crippen LogP contribution in [0.3, 0.4) is 0 Å². The highest BCUT2D eigenvalue weighted by molar-refractivity contribution is 5.45. The zero-order chi connectivity index (χ0) is 9.42. The first kappa shape index (κ1) is 8.57. The van der Waals surface area contributed by atoms with Gasteiger partial charge in [0, 0.05) is 12.0 Å². The highest BCUT2D eigenvalue weighted by Crippen LogP contribution is 2.35. The van der Waals surface area contributed by atoms with Gasteiger partial charge in [-0.1, -0.05) is 6.07 Å². The van der Waals surface area contributed by atoms with Gasteiger partial charge < -0.3 is 9.84 Å². The molecule has 2 heteroatoms. The molecule has 1 unspecified atom stereocenters. The maximum absolute atomic E-state index is 9.75. The topological polar surface area (TPSA) is 29.5 Å². The standard InChI is InChI=1S/C11H14O2/c1-7-5-8(2)11-9(12)3-4-13-10(11)6-7/h5-6,9,12H,3-4H2,1-2H3. The number of aliphatic hydroxyl groups excluding tert-OH is 1. The van der Waals surface area contributed by atoms with Crippen LogP contribution >= 0.6 is 0 Å². The van der Waals surface area contributed by atoms with Gasteiger partial charge in [0.05, 0.1) is 12.7 Å². The summed E-state index contributed by atoms with van der Waals surface area (Å²) < 4.78 is 5.50. The molecule has 0 bridgehead atoms. The monoisotopic (exact) mass is 178 g/mol. The minimum Gasteiger partial charge on any atom is -0.493 e. The van der Waals surface area contributed by atoms with Gasteiger partial charge >= 0.3 is 0 Å². The van der Waals surface area contributed by atoms with Crippen molar-refractivity contribution in [2.75, 3.05) is 6.61 Å². The third-order valence-electron chi connectivity index (χ3n) is 2.48. The molecule has 0 aliphatic carbocycles. The van der Waals surface area contributed by atoms with Crippen LogP contribution in [0.15, 0.2) is 12.1 Å². The van der Waals surface area contributed by atoms with Gasteiger partial charge in [-0.05, 0) is 31.0 Å². The molecule has 2 nitrogen and oxygen atoms in total. The van der Waals surface area contributed by atoms with Gasteiger partial charge in [0.25, 0.3) is 0 Å². The fraction of sp³-hybridized carbons (Fsp3) is 0.455. The molecule has 1 heterocycles. The summed E-state index contributed by atoms with van der Waals surface area (Å²) in [6.45, 7) is 4.68. The second-order valence-corrected chi connectivity index (χ2v) is 3.65. The summed E-state index contributed by atoms with van der Waals surface area (Å²) in [4.78, 5) is 0. The van der Waals surface area contributed by atoms with Gasteiger partial charge in [-0.25, -0.2) is 0 Å². The summed E-state index contributed by atoms with van der Waals surface area (Å²) in [5, 5.41) is 9.75. The van der Waals surface area contributed by atoms with E-state index in [1.54, 1.807) is 0 Å². The molecule has 13 heavy (non-hydrogen) atoms. The summed E-state index contributed by atoms with van der Waals surface area (Å²) in [5.41, 5.74) is 3.28. The molecule has 1 aliphatic heterocycles. The number of benzene rings is 1. The van der Waals surface area contributed by atoms with Crippen molar-refractivity contribution in [3.05, 3.63) is 28.8 Å². The minimum absolute atomic E-state index is 0.343. The lowest BCUT2D eigenvalue weighted by Crippen LogP contribution is -2.15. The molecule has 0 spiro atoms. The number of ether oxygens (including phenoxy) is 1. The Kier molecular flexibility index (Phi) is 2.00. The van der Waals surface area contributed by atoms with E-state index in [9.17, 15) is 5.11 Å². The van der Waals surface area contributed by atoms with Gasteiger partial charge in [0.15, 0.2) is 0 Å². The third kappa shape index (κ3) is 1.42. The van der Waals surface area contributed by atoms with Crippen molar-refractivity contribution < 1.29 is 9.84 Å². The highest BCUT2D eigenvalue weighted by atomic mass is 16.5. The highest BCUT2D eigenvalue weighted by Gasteiger charge is 2.21. The van der Waals surface area contributed by atoms with Crippen LogP contribution in [0.5, 0.6) is 5.75 Å². The Morgan fingerprint density at radius 2 is 2.15 bits per heavy atom. The Morgan fingerprint density at radius 1 is 1.38 bits per heavy atom.